The van der Waals surface area contributed by atoms with E-state index >= 15 is 0 Å². The molecule has 5 heteroatoms. The van der Waals surface area contributed by atoms with E-state index < -0.39 is 5.54 Å². The highest BCUT2D eigenvalue weighted by atomic mass is 35.5. The van der Waals surface area contributed by atoms with Gasteiger partial charge in [-0.3, -0.25) is 4.79 Å². The Morgan fingerprint density at radius 2 is 2.05 bits per heavy atom. The van der Waals surface area contributed by atoms with E-state index in [1.54, 1.807) is 12.1 Å². The lowest BCUT2D eigenvalue weighted by atomic mass is 9.93. The van der Waals surface area contributed by atoms with Crippen LogP contribution >= 0.6 is 23.2 Å². The monoisotopic (exact) mass is 328 g/mol. The minimum atomic E-state index is -0.492. The third-order valence-corrected chi connectivity index (χ3v) is 5.00. The van der Waals surface area contributed by atoms with Crippen molar-refractivity contribution in [3.8, 4) is 0 Å². The molecular formula is C16H22Cl2N2O. The first kappa shape index (κ1) is 16.6. The lowest BCUT2D eigenvalue weighted by Gasteiger charge is -2.28. The van der Waals surface area contributed by atoms with E-state index in [2.05, 4.69) is 5.32 Å². The summed E-state index contributed by atoms with van der Waals surface area (Å²) in [4.78, 5) is 12.3. The van der Waals surface area contributed by atoms with E-state index in [1.165, 1.54) is 0 Å². The zero-order valence-corrected chi connectivity index (χ0v) is 14.0. The van der Waals surface area contributed by atoms with Crippen molar-refractivity contribution < 1.29 is 4.79 Å². The van der Waals surface area contributed by atoms with Gasteiger partial charge in [0.15, 0.2) is 0 Å². The Bertz CT molecular complexity index is 531. The second-order valence-electron chi connectivity index (χ2n) is 6.36. The van der Waals surface area contributed by atoms with E-state index in [1.807, 2.05) is 19.9 Å². The van der Waals surface area contributed by atoms with Crippen molar-refractivity contribution in [2.75, 3.05) is 0 Å². The topological polar surface area (TPSA) is 55.1 Å². The number of hydrogen-bond donors (Lipinski definition) is 2. The summed E-state index contributed by atoms with van der Waals surface area (Å²) < 4.78 is 0. The molecule has 0 aromatic heterocycles. The molecule has 1 aromatic rings. The van der Waals surface area contributed by atoms with Gasteiger partial charge in [-0.15, -0.1) is 0 Å². The van der Waals surface area contributed by atoms with Crippen LogP contribution in [0.4, 0.5) is 0 Å². The van der Waals surface area contributed by atoms with Gasteiger partial charge in [-0.25, -0.2) is 0 Å². The highest BCUT2D eigenvalue weighted by molar-refractivity contribution is 6.42. The van der Waals surface area contributed by atoms with Crippen molar-refractivity contribution in [3.05, 3.63) is 33.8 Å². The van der Waals surface area contributed by atoms with Gasteiger partial charge >= 0.3 is 0 Å². The molecule has 1 amide bonds. The van der Waals surface area contributed by atoms with E-state index in [-0.39, 0.29) is 11.9 Å². The van der Waals surface area contributed by atoms with Crippen molar-refractivity contribution in [1.29, 1.82) is 0 Å². The molecule has 21 heavy (non-hydrogen) atoms. The molecule has 0 spiro atoms. The van der Waals surface area contributed by atoms with Crippen LogP contribution in [0.15, 0.2) is 18.2 Å². The number of carbonyl (C=O) groups excluding carboxylic acids is 1. The van der Waals surface area contributed by atoms with Crippen LogP contribution in [0.2, 0.25) is 10.0 Å². The smallest absolute Gasteiger partial charge is 0.221 e. The highest BCUT2D eigenvalue weighted by Crippen LogP contribution is 2.30. The molecule has 0 radical (unpaired) electrons. The Kier molecular flexibility index (Phi) is 5.18. The normalized spacial score (nSPS) is 22.3. The Labute approximate surface area is 136 Å². The second-order valence-corrected chi connectivity index (χ2v) is 7.18. The molecule has 3 nitrogen and oxygen atoms in total. The minimum Gasteiger partial charge on any atom is -0.347 e. The standard InChI is InChI=1S/C16H22Cl2N2O/c1-16(2,11-6-7-12(17)13(18)9-11)20-15(21)8-10-4-3-5-14(10)19/h6-7,9-10,14H,3-5,8,19H2,1-2H3,(H,20,21)/t10-,14+/m0/s1. The van der Waals surface area contributed by atoms with Crippen LogP contribution in [0, 0.1) is 5.92 Å². The summed E-state index contributed by atoms with van der Waals surface area (Å²) in [7, 11) is 0. The lowest BCUT2D eigenvalue weighted by molar-refractivity contribution is -0.123. The van der Waals surface area contributed by atoms with Gasteiger partial charge in [-0.05, 0) is 50.3 Å². The predicted octanol–water partition coefficient (Wildman–Crippen LogP) is 3.86. The molecule has 1 fully saturated rings. The number of halogens is 2. The predicted molar refractivity (Wildman–Crippen MR) is 87.6 cm³/mol. The fraction of sp³-hybridized carbons (Fsp3) is 0.562. The quantitative estimate of drug-likeness (QED) is 0.881. The maximum atomic E-state index is 12.3. The average Bonchev–Trinajstić information content (AvgIpc) is 2.77. The molecular weight excluding hydrogens is 307 g/mol. The first-order chi connectivity index (χ1) is 9.79. The molecule has 2 atom stereocenters. The first-order valence-corrected chi connectivity index (χ1v) is 8.07. The molecule has 1 aliphatic rings. The van der Waals surface area contributed by atoms with Gasteiger partial charge in [-0.2, -0.15) is 0 Å². The van der Waals surface area contributed by atoms with Crippen LogP contribution in [0.25, 0.3) is 0 Å². The van der Waals surface area contributed by atoms with Gasteiger partial charge in [0.2, 0.25) is 5.91 Å². The van der Waals surface area contributed by atoms with Gasteiger partial charge in [0, 0.05) is 12.5 Å². The van der Waals surface area contributed by atoms with Crippen molar-refractivity contribution in [3.63, 3.8) is 0 Å². The fourth-order valence-corrected chi connectivity index (χ4v) is 3.21. The Hall–Kier alpha value is -0.770. The molecule has 1 aromatic carbocycles. The Morgan fingerprint density at radius 3 is 2.62 bits per heavy atom. The van der Waals surface area contributed by atoms with Gasteiger partial charge in [-0.1, -0.05) is 35.7 Å². The lowest BCUT2D eigenvalue weighted by Crippen LogP contribution is -2.42. The van der Waals surface area contributed by atoms with Gasteiger partial charge in [0.1, 0.15) is 0 Å². The number of nitrogens with one attached hydrogen (secondary N) is 1. The summed E-state index contributed by atoms with van der Waals surface area (Å²) in [5.74, 6) is 0.336. The SMILES string of the molecule is CC(C)(NC(=O)C[C@@H]1CCC[C@H]1N)c1ccc(Cl)c(Cl)c1. The Balaban J connectivity index is 2.02. The van der Waals surface area contributed by atoms with Crippen LogP contribution in [-0.2, 0) is 10.3 Å². The number of benzene rings is 1. The second kappa shape index (κ2) is 6.55. The molecule has 0 unspecified atom stereocenters. The third kappa shape index (κ3) is 4.12. The van der Waals surface area contributed by atoms with Crippen LogP contribution in [-0.4, -0.2) is 11.9 Å². The van der Waals surface area contributed by atoms with E-state index in [0.29, 0.717) is 22.4 Å². The summed E-state index contributed by atoms with van der Waals surface area (Å²) in [6.07, 6.45) is 3.68. The maximum absolute atomic E-state index is 12.3. The van der Waals surface area contributed by atoms with Gasteiger partial charge in [0.25, 0.3) is 0 Å². The number of nitrogens with two attached hydrogens (primary N) is 1. The van der Waals surface area contributed by atoms with Crippen LogP contribution < -0.4 is 11.1 Å². The molecule has 116 valence electrons. The van der Waals surface area contributed by atoms with E-state index in [9.17, 15) is 4.79 Å². The molecule has 0 aliphatic heterocycles. The van der Waals surface area contributed by atoms with Crippen LogP contribution in [0.1, 0.15) is 45.1 Å². The number of carbonyl (C=O) groups is 1. The summed E-state index contributed by atoms with van der Waals surface area (Å²) in [6.45, 7) is 3.91. The molecule has 0 bridgehead atoms. The molecule has 1 aliphatic carbocycles. The van der Waals surface area contributed by atoms with Crippen LogP contribution in [0.5, 0.6) is 0 Å². The fourth-order valence-electron chi connectivity index (χ4n) is 2.91. The van der Waals surface area contributed by atoms with Crippen molar-refractivity contribution in [2.24, 2.45) is 11.7 Å². The van der Waals surface area contributed by atoms with Crippen molar-refractivity contribution in [1.82, 2.24) is 5.32 Å². The van der Waals surface area contributed by atoms with Crippen LogP contribution in [0.3, 0.4) is 0 Å². The Morgan fingerprint density at radius 1 is 1.33 bits per heavy atom. The number of amides is 1. The molecule has 3 N–H and O–H groups in total. The zero-order chi connectivity index (χ0) is 15.6. The minimum absolute atomic E-state index is 0.0356. The highest BCUT2D eigenvalue weighted by Gasteiger charge is 2.29. The van der Waals surface area contributed by atoms with Gasteiger partial charge < -0.3 is 11.1 Å². The van der Waals surface area contributed by atoms with Crippen molar-refractivity contribution >= 4 is 29.1 Å². The zero-order valence-electron chi connectivity index (χ0n) is 12.5. The maximum Gasteiger partial charge on any atom is 0.221 e. The number of hydrogen-bond acceptors (Lipinski definition) is 2. The third-order valence-electron chi connectivity index (χ3n) is 4.26. The van der Waals surface area contributed by atoms with Gasteiger partial charge in [0.05, 0.1) is 15.6 Å². The molecule has 0 saturated heterocycles. The first-order valence-electron chi connectivity index (χ1n) is 7.32. The molecule has 0 heterocycles. The largest absolute Gasteiger partial charge is 0.347 e. The summed E-state index contributed by atoms with van der Waals surface area (Å²) in [5.41, 5.74) is 6.47. The summed E-state index contributed by atoms with van der Waals surface area (Å²) in [6, 6.07) is 5.59. The summed E-state index contributed by atoms with van der Waals surface area (Å²) in [5, 5.41) is 4.08. The number of rotatable bonds is 4. The molecule has 2 rings (SSSR count). The van der Waals surface area contributed by atoms with E-state index in [0.717, 1.165) is 24.8 Å². The molecule has 1 saturated carbocycles. The average molecular weight is 329 g/mol. The summed E-state index contributed by atoms with van der Waals surface area (Å²) >= 11 is 12.0. The van der Waals surface area contributed by atoms with E-state index in [4.69, 9.17) is 28.9 Å². The van der Waals surface area contributed by atoms with Crippen molar-refractivity contribution in [2.45, 2.75) is 51.1 Å².